The van der Waals surface area contributed by atoms with Crippen molar-refractivity contribution in [1.82, 2.24) is 9.80 Å². The lowest BCUT2D eigenvalue weighted by atomic mass is 9.94. The predicted molar refractivity (Wildman–Crippen MR) is 134 cm³/mol. The number of carbonyl (C=O) groups is 2. The van der Waals surface area contributed by atoms with Crippen LogP contribution in [0, 0.1) is 0 Å². The first-order valence-electron chi connectivity index (χ1n) is 11.8. The largest absolute Gasteiger partial charge is 0.507 e. The van der Waals surface area contributed by atoms with E-state index in [-0.39, 0.29) is 11.3 Å². The van der Waals surface area contributed by atoms with E-state index in [1.807, 2.05) is 0 Å². The molecule has 0 aromatic heterocycles. The Morgan fingerprint density at radius 3 is 2.14 bits per heavy atom. The Morgan fingerprint density at radius 2 is 1.57 bits per heavy atom. The third-order valence-electron chi connectivity index (χ3n) is 6.40. The Bertz CT molecular complexity index is 1080. The minimum Gasteiger partial charge on any atom is -0.507 e. The van der Waals surface area contributed by atoms with Gasteiger partial charge in [0.05, 0.1) is 32.9 Å². The first-order valence-corrected chi connectivity index (χ1v) is 11.8. The second kappa shape index (κ2) is 11.8. The lowest BCUT2D eigenvalue weighted by molar-refractivity contribution is -0.140. The number of Topliss-reactive ketones (excluding diaryl/α,β-unsaturated/α-hetero) is 1. The van der Waals surface area contributed by atoms with Gasteiger partial charge in [0, 0.05) is 17.7 Å². The number of ether oxygens (including phenoxy) is 3. The van der Waals surface area contributed by atoms with E-state index in [1.54, 1.807) is 56.7 Å². The molecule has 3 rings (SSSR count). The second-order valence-corrected chi connectivity index (χ2v) is 8.21. The van der Waals surface area contributed by atoms with Gasteiger partial charge in [-0.1, -0.05) is 13.8 Å². The van der Waals surface area contributed by atoms with Crippen LogP contribution >= 0.6 is 0 Å². The van der Waals surface area contributed by atoms with Crippen molar-refractivity contribution < 1.29 is 28.9 Å². The topological polar surface area (TPSA) is 88.5 Å². The molecule has 1 atom stereocenters. The highest BCUT2D eigenvalue weighted by Crippen LogP contribution is 2.44. The first kappa shape index (κ1) is 26.1. The van der Waals surface area contributed by atoms with Gasteiger partial charge in [-0.3, -0.25) is 9.59 Å². The van der Waals surface area contributed by atoms with Crippen molar-refractivity contribution in [2.75, 3.05) is 47.5 Å². The van der Waals surface area contributed by atoms with Crippen LogP contribution in [0.1, 0.15) is 37.4 Å². The van der Waals surface area contributed by atoms with Crippen LogP contribution in [-0.4, -0.2) is 74.1 Å². The molecule has 1 aliphatic heterocycles. The monoisotopic (exact) mass is 482 g/mol. The van der Waals surface area contributed by atoms with E-state index in [0.29, 0.717) is 41.3 Å². The molecule has 188 valence electrons. The number of methoxy groups -OCH3 is 3. The van der Waals surface area contributed by atoms with Crippen molar-refractivity contribution in [3.63, 3.8) is 0 Å². The normalized spacial score (nSPS) is 17.2. The number of carbonyl (C=O) groups excluding carboxylic acids is 2. The molecule has 8 heteroatoms. The Hall–Kier alpha value is -3.52. The minimum absolute atomic E-state index is 0.0227. The SMILES string of the molecule is CCN(CC)CCCN1C(=O)C(=O)/C(=C(/O)c2ccc(OC)cc2)[C@@H]1c1cc(OC)ccc1OC. The van der Waals surface area contributed by atoms with Gasteiger partial charge < -0.3 is 29.1 Å². The molecule has 1 heterocycles. The van der Waals surface area contributed by atoms with Gasteiger partial charge in [-0.2, -0.15) is 0 Å². The number of rotatable bonds is 11. The number of likely N-dealkylation sites (tertiary alicyclic amines) is 1. The minimum atomic E-state index is -0.821. The lowest BCUT2D eigenvalue weighted by Gasteiger charge is -2.28. The van der Waals surface area contributed by atoms with Gasteiger partial charge in [0.1, 0.15) is 23.0 Å². The molecule has 2 aromatic rings. The van der Waals surface area contributed by atoms with E-state index >= 15 is 0 Å². The summed E-state index contributed by atoms with van der Waals surface area (Å²) in [5, 5.41) is 11.3. The smallest absolute Gasteiger partial charge is 0.295 e. The average molecular weight is 483 g/mol. The Balaban J connectivity index is 2.12. The van der Waals surface area contributed by atoms with Crippen LogP contribution < -0.4 is 14.2 Å². The Morgan fingerprint density at radius 1 is 0.943 bits per heavy atom. The summed E-state index contributed by atoms with van der Waals surface area (Å²) in [4.78, 5) is 30.3. The molecule has 0 aliphatic carbocycles. The first-order chi connectivity index (χ1) is 16.9. The number of aliphatic hydroxyl groups excluding tert-OH is 1. The lowest BCUT2D eigenvalue weighted by Crippen LogP contribution is -2.33. The van der Waals surface area contributed by atoms with E-state index in [4.69, 9.17) is 14.2 Å². The molecule has 0 spiro atoms. The summed E-state index contributed by atoms with van der Waals surface area (Å²) in [7, 11) is 4.62. The standard InChI is InChI=1S/C27H34N2O6/c1-6-28(7-2)15-8-16-29-24(21-17-20(34-4)13-14-22(21)35-5)23(26(31)27(29)32)25(30)18-9-11-19(33-3)12-10-18/h9-14,17,24,30H,6-8,15-16H2,1-5H3/b25-23+/t24-/m0/s1. The number of hydrogen-bond acceptors (Lipinski definition) is 7. The van der Waals surface area contributed by atoms with Crippen LogP contribution in [0.2, 0.25) is 0 Å². The van der Waals surface area contributed by atoms with Crippen LogP contribution in [0.25, 0.3) is 5.76 Å². The van der Waals surface area contributed by atoms with E-state index in [9.17, 15) is 14.7 Å². The molecule has 35 heavy (non-hydrogen) atoms. The fraction of sp³-hybridized carbons (Fsp3) is 0.407. The molecule has 1 fully saturated rings. The molecule has 0 unspecified atom stereocenters. The Labute approximate surface area is 206 Å². The van der Waals surface area contributed by atoms with Crippen molar-refractivity contribution in [1.29, 1.82) is 0 Å². The van der Waals surface area contributed by atoms with Gasteiger partial charge in [-0.15, -0.1) is 0 Å². The molecule has 1 saturated heterocycles. The number of amides is 1. The quantitative estimate of drug-likeness (QED) is 0.296. The maximum absolute atomic E-state index is 13.3. The summed E-state index contributed by atoms with van der Waals surface area (Å²) < 4.78 is 16.2. The summed E-state index contributed by atoms with van der Waals surface area (Å²) in [6.07, 6.45) is 0.681. The summed E-state index contributed by atoms with van der Waals surface area (Å²) in [6, 6.07) is 11.1. The van der Waals surface area contributed by atoms with Crippen molar-refractivity contribution in [3.05, 3.63) is 59.2 Å². The fourth-order valence-electron chi connectivity index (χ4n) is 4.40. The van der Waals surface area contributed by atoms with E-state index in [2.05, 4.69) is 18.7 Å². The van der Waals surface area contributed by atoms with Crippen LogP contribution in [0.4, 0.5) is 0 Å². The van der Waals surface area contributed by atoms with Crippen LogP contribution in [0.15, 0.2) is 48.0 Å². The maximum Gasteiger partial charge on any atom is 0.295 e. The molecule has 1 N–H and O–H groups in total. The number of ketones is 1. The van der Waals surface area contributed by atoms with Gasteiger partial charge in [0.25, 0.3) is 11.7 Å². The highest BCUT2D eigenvalue weighted by atomic mass is 16.5. The zero-order valence-corrected chi connectivity index (χ0v) is 21.0. The van der Waals surface area contributed by atoms with Gasteiger partial charge in [-0.25, -0.2) is 0 Å². The summed E-state index contributed by atoms with van der Waals surface area (Å²) >= 11 is 0. The molecular formula is C27H34N2O6. The van der Waals surface area contributed by atoms with Crippen molar-refractivity contribution in [2.24, 2.45) is 0 Å². The second-order valence-electron chi connectivity index (χ2n) is 8.21. The predicted octanol–water partition coefficient (Wildman–Crippen LogP) is 3.87. The van der Waals surface area contributed by atoms with Crippen LogP contribution in [0.3, 0.4) is 0 Å². The molecule has 0 bridgehead atoms. The van der Waals surface area contributed by atoms with Crippen LogP contribution in [0.5, 0.6) is 17.2 Å². The number of benzene rings is 2. The third kappa shape index (κ3) is 5.43. The molecular weight excluding hydrogens is 448 g/mol. The molecule has 1 aliphatic rings. The highest BCUT2D eigenvalue weighted by molar-refractivity contribution is 6.46. The van der Waals surface area contributed by atoms with Crippen molar-refractivity contribution in [3.8, 4) is 17.2 Å². The van der Waals surface area contributed by atoms with E-state index < -0.39 is 17.7 Å². The number of hydrogen-bond donors (Lipinski definition) is 1. The van der Waals surface area contributed by atoms with Crippen LogP contribution in [-0.2, 0) is 9.59 Å². The third-order valence-corrected chi connectivity index (χ3v) is 6.40. The fourth-order valence-corrected chi connectivity index (χ4v) is 4.40. The van der Waals surface area contributed by atoms with Gasteiger partial charge in [0.2, 0.25) is 0 Å². The van der Waals surface area contributed by atoms with Gasteiger partial charge >= 0.3 is 0 Å². The summed E-state index contributed by atoms with van der Waals surface area (Å²) in [6.45, 7) is 7.12. The molecule has 2 aromatic carbocycles. The van der Waals surface area contributed by atoms with Gasteiger partial charge in [0.15, 0.2) is 0 Å². The van der Waals surface area contributed by atoms with Gasteiger partial charge in [-0.05, 0) is 68.5 Å². The zero-order valence-electron chi connectivity index (χ0n) is 21.0. The molecule has 8 nitrogen and oxygen atoms in total. The number of aliphatic hydroxyl groups is 1. The summed E-state index contributed by atoms with van der Waals surface area (Å²) in [5.74, 6) is 0.0492. The van der Waals surface area contributed by atoms with E-state index in [1.165, 1.54) is 12.0 Å². The average Bonchev–Trinajstić information content (AvgIpc) is 3.15. The zero-order chi connectivity index (χ0) is 25.5. The maximum atomic E-state index is 13.3. The molecule has 0 saturated carbocycles. The molecule has 0 radical (unpaired) electrons. The van der Waals surface area contributed by atoms with Crippen molar-refractivity contribution >= 4 is 17.4 Å². The van der Waals surface area contributed by atoms with E-state index in [0.717, 1.165) is 19.6 Å². The Kier molecular flexibility index (Phi) is 8.76. The summed E-state index contributed by atoms with van der Waals surface area (Å²) in [5.41, 5.74) is 1.01. The highest BCUT2D eigenvalue weighted by Gasteiger charge is 2.47. The molecule has 1 amide bonds. The van der Waals surface area contributed by atoms with Crippen molar-refractivity contribution in [2.45, 2.75) is 26.3 Å². The number of nitrogens with zero attached hydrogens (tertiary/aromatic N) is 2.